The second kappa shape index (κ2) is 4.73. The normalized spacial score (nSPS) is 10.7. The van der Waals surface area contributed by atoms with Crippen LogP contribution in [0.1, 0.15) is 11.3 Å². The molecule has 84 valence electrons. The lowest BCUT2D eigenvalue weighted by atomic mass is 10.2. The fourth-order valence-corrected chi connectivity index (χ4v) is 2.09. The summed E-state index contributed by atoms with van der Waals surface area (Å²) in [5.74, 6) is 0. The van der Waals surface area contributed by atoms with E-state index in [1.165, 1.54) is 16.9 Å². The van der Waals surface area contributed by atoms with Crippen molar-refractivity contribution >= 4 is 11.6 Å². The Bertz CT molecular complexity index is 488. The van der Waals surface area contributed by atoms with Gasteiger partial charge in [-0.05, 0) is 49.9 Å². The van der Waals surface area contributed by atoms with Crippen LogP contribution in [0.25, 0.3) is 5.69 Å². The van der Waals surface area contributed by atoms with E-state index >= 15 is 0 Å². The number of aromatic nitrogens is 1. The molecule has 16 heavy (non-hydrogen) atoms. The maximum atomic E-state index is 5.96. The maximum absolute atomic E-state index is 5.96. The monoisotopic (exact) mass is 234 g/mol. The van der Waals surface area contributed by atoms with E-state index in [4.69, 9.17) is 11.6 Å². The average Bonchev–Trinajstić information content (AvgIpc) is 2.67. The van der Waals surface area contributed by atoms with Crippen molar-refractivity contribution in [3.05, 3.63) is 52.8 Å². The molecule has 0 unspecified atom stereocenters. The van der Waals surface area contributed by atoms with Crippen LogP contribution >= 0.6 is 11.6 Å². The lowest BCUT2D eigenvalue weighted by Crippen LogP contribution is -2.10. The maximum Gasteiger partial charge on any atom is 0.0483 e. The van der Waals surface area contributed by atoms with Gasteiger partial charge in [0.2, 0.25) is 0 Å². The number of nitrogens with one attached hydrogen (secondary N) is 1. The van der Waals surface area contributed by atoms with Crippen molar-refractivity contribution < 1.29 is 0 Å². The first-order valence-electron chi connectivity index (χ1n) is 5.29. The van der Waals surface area contributed by atoms with E-state index in [0.29, 0.717) is 0 Å². The summed E-state index contributed by atoms with van der Waals surface area (Å²) in [5, 5.41) is 3.95. The molecule has 0 atom stereocenters. The minimum absolute atomic E-state index is 0.781. The van der Waals surface area contributed by atoms with Crippen molar-refractivity contribution in [2.45, 2.75) is 13.5 Å². The average molecular weight is 235 g/mol. The zero-order chi connectivity index (χ0) is 11.5. The Kier molecular flexibility index (Phi) is 3.32. The Balaban J connectivity index is 2.46. The van der Waals surface area contributed by atoms with Crippen LogP contribution < -0.4 is 5.32 Å². The molecule has 0 bridgehead atoms. The van der Waals surface area contributed by atoms with E-state index in [-0.39, 0.29) is 0 Å². The summed E-state index contributed by atoms with van der Waals surface area (Å²) in [6.07, 6.45) is 2.07. The smallest absolute Gasteiger partial charge is 0.0483 e. The second-order valence-corrected chi connectivity index (χ2v) is 4.27. The van der Waals surface area contributed by atoms with Crippen LogP contribution in [0.4, 0.5) is 0 Å². The van der Waals surface area contributed by atoms with Crippen LogP contribution in [0.5, 0.6) is 0 Å². The van der Waals surface area contributed by atoms with Crippen LogP contribution in [0, 0.1) is 6.92 Å². The highest BCUT2D eigenvalue weighted by Crippen LogP contribution is 2.20. The summed E-state index contributed by atoms with van der Waals surface area (Å²) >= 11 is 5.96. The lowest BCUT2D eigenvalue weighted by Gasteiger charge is -2.12. The summed E-state index contributed by atoms with van der Waals surface area (Å²) in [4.78, 5) is 0. The highest BCUT2D eigenvalue weighted by atomic mass is 35.5. The van der Waals surface area contributed by atoms with Gasteiger partial charge in [-0.25, -0.2) is 0 Å². The molecule has 0 amide bonds. The topological polar surface area (TPSA) is 17.0 Å². The van der Waals surface area contributed by atoms with Crippen molar-refractivity contribution in [3.63, 3.8) is 0 Å². The number of rotatable bonds is 3. The minimum atomic E-state index is 0.781. The molecule has 2 nitrogen and oxygen atoms in total. The van der Waals surface area contributed by atoms with E-state index in [1.54, 1.807) is 0 Å². The van der Waals surface area contributed by atoms with Crippen molar-refractivity contribution in [2.24, 2.45) is 0 Å². The molecule has 0 spiro atoms. The van der Waals surface area contributed by atoms with E-state index in [2.05, 4.69) is 41.2 Å². The standard InChI is InChI=1S/C13H15ClN2/c1-10-8-11(14)5-6-13(10)16-7-3-4-12(16)9-15-2/h3-8,15H,9H2,1-2H3. The SMILES string of the molecule is CNCc1cccn1-c1ccc(Cl)cc1C. The highest BCUT2D eigenvalue weighted by Gasteiger charge is 2.05. The molecule has 0 aliphatic carbocycles. The Labute approximate surface area is 101 Å². The van der Waals surface area contributed by atoms with Gasteiger partial charge in [0.1, 0.15) is 0 Å². The summed E-state index contributed by atoms with van der Waals surface area (Å²) < 4.78 is 2.18. The lowest BCUT2D eigenvalue weighted by molar-refractivity contribution is 0.767. The Morgan fingerprint density at radius 1 is 1.31 bits per heavy atom. The zero-order valence-corrected chi connectivity index (χ0v) is 10.3. The van der Waals surface area contributed by atoms with Gasteiger partial charge in [-0.15, -0.1) is 0 Å². The molecule has 2 rings (SSSR count). The highest BCUT2D eigenvalue weighted by molar-refractivity contribution is 6.30. The van der Waals surface area contributed by atoms with Gasteiger partial charge in [0.25, 0.3) is 0 Å². The summed E-state index contributed by atoms with van der Waals surface area (Å²) in [5.41, 5.74) is 3.61. The minimum Gasteiger partial charge on any atom is -0.319 e. The van der Waals surface area contributed by atoms with Crippen LogP contribution in [0.2, 0.25) is 5.02 Å². The third-order valence-corrected chi connectivity index (χ3v) is 2.84. The largest absolute Gasteiger partial charge is 0.319 e. The number of aryl methyl sites for hydroxylation is 1. The van der Waals surface area contributed by atoms with E-state index in [1.807, 2.05) is 19.2 Å². The van der Waals surface area contributed by atoms with Gasteiger partial charge in [0, 0.05) is 29.1 Å². The Hall–Kier alpha value is -1.25. The van der Waals surface area contributed by atoms with Gasteiger partial charge >= 0.3 is 0 Å². The number of halogens is 1. The third-order valence-electron chi connectivity index (χ3n) is 2.61. The number of hydrogen-bond donors (Lipinski definition) is 1. The molecule has 1 heterocycles. The first-order chi connectivity index (χ1) is 7.72. The Morgan fingerprint density at radius 3 is 2.81 bits per heavy atom. The molecule has 2 aromatic rings. The van der Waals surface area contributed by atoms with Crippen LogP contribution in [-0.4, -0.2) is 11.6 Å². The Morgan fingerprint density at radius 2 is 2.12 bits per heavy atom. The van der Waals surface area contributed by atoms with Gasteiger partial charge in [0.05, 0.1) is 0 Å². The summed E-state index contributed by atoms with van der Waals surface area (Å²) in [7, 11) is 1.95. The molecule has 0 saturated heterocycles. The summed E-state index contributed by atoms with van der Waals surface area (Å²) in [6, 6.07) is 10.1. The molecule has 0 aliphatic rings. The molecule has 0 aliphatic heterocycles. The number of benzene rings is 1. The second-order valence-electron chi connectivity index (χ2n) is 3.83. The van der Waals surface area contributed by atoms with Crippen molar-refractivity contribution in [1.29, 1.82) is 0 Å². The van der Waals surface area contributed by atoms with Gasteiger partial charge in [-0.2, -0.15) is 0 Å². The van der Waals surface area contributed by atoms with Crippen LogP contribution in [0.3, 0.4) is 0 Å². The van der Waals surface area contributed by atoms with Crippen LogP contribution in [0.15, 0.2) is 36.5 Å². The predicted octanol–water partition coefficient (Wildman–Crippen LogP) is 3.16. The van der Waals surface area contributed by atoms with E-state index < -0.39 is 0 Å². The molecule has 3 heteroatoms. The fraction of sp³-hybridized carbons (Fsp3) is 0.231. The fourth-order valence-electron chi connectivity index (χ4n) is 1.87. The van der Waals surface area contributed by atoms with E-state index in [9.17, 15) is 0 Å². The van der Waals surface area contributed by atoms with Gasteiger partial charge < -0.3 is 9.88 Å². The molecule has 1 aromatic heterocycles. The first kappa shape index (κ1) is 11.2. The third kappa shape index (κ3) is 2.13. The van der Waals surface area contributed by atoms with Gasteiger partial charge in [0.15, 0.2) is 0 Å². The molecule has 1 aromatic carbocycles. The van der Waals surface area contributed by atoms with Crippen LogP contribution in [-0.2, 0) is 6.54 Å². The van der Waals surface area contributed by atoms with Crippen molar-refractivity contribution in [3.8, 4) is 5.69 Å². The number of hydrogen-bond acceptors (Lipinski definition) is 1. The number of nitrogens with zero attached hydrogens (tertiary/aromatic N) is 1. The molecule has 0 saturated carbocycles. The molecule has 0 fully saturated rings. The molecular formula is C13H15ClN2. The van der Waals surface area contributed by atoms with Gasteiger partial charge in [-0.1, -0.05) is 11.6 Å². The zero-order valence-electron chi connectivity index (χ0n) is 9.50. The molecule has 1 N–H and O–H groups in total. The first-order valence-corrected chi connectivity index (χ1v) is 5.67. The van der Waals surface area contributed by atoms with Gasteiger partial charge in [-0.3, -0.25) is 0 Å². The van der Waals surface area contributed by atoms with Crippen molar-refractivity contribution in [1.82, 2.24) is 9.88 Å². The molecule has 0 radical (unpaired) electrons. The predicted molar refractivity (Wildman–Crippen MR) is 68.3 cm³/mol. The van der Waals surface area contributed by atoms with Crippen molar-refractivity contribution in [2.75, 3.05) is 7.05 Å². The van der Waals surface area contributed by atoms with E-state index in [0.717, 1.165) is 11.6 Å². The quantitative estimate of drug-likeness (QED) is 0.863. The molecular weight excluding hydrogens is 220 g/mol. The summed E-state index contributed by atoms with van der Waals surface area (Å²) in [6.45, 7) is 2.93.